The number of benzene rings is 1. The molecule has 146 valence electrons. The maximum absolute atomic E-state index is 13.7. The molecule has 1 aromatic carbocycles. The first-order valence-electron chi connectivity index (χ1n) is 9.31. The Hall–Kier alpha value is -1.89. The van der Waals surface area contributed by atoms with Crippen molar-refractivity contribution in [1.29, 1.82) is 0 Å². The van der Waals surface area contributed by atoms with Gasteiger partial charge in [-0.3, -0.25) is 9.36 Å². The lowest BCUT2D eigenvalue weighted by Crippen LogP contribution is -2.32. The summed E-state index contributed by atoms with van der Waals surface area (Å²) < 4.78 is 7.72. The summed E-state index contributed by atoms with van der Waals surface area (Å²) in [5, 5.41) is 1.46. The van der Waals surface area contributed by atoms with Crippen LogP contribution in [0.5, 0.6) is 0 Å². The van der Waals surface area contributed by atoms with Crippen molar-refractivity contribution in [2.24, 2.45) is 0 Å². The van der Waals surface area contributed by atoms with E-state index in [1.165, 1.54) is 0 Å². The van der Waals surface area contributed by atoms with Gasteiger partial charge in [0.05, 0.1) is 23.3 Å². The van der Waals surface area contributed by atoms with Crippen molar-refractivity contribution in [3.05, 3.63) is 62.8 Å². The fourth-order valence-electron chi connectivity index (χ4n) is 3.45. The Morgan fingerprint density at radius 1 is 1.43 bits per heavy atom. The SMILES string of the molecule is C=C(C)CSc1nc2sc3c(c2c(=O)n1-c1cccc(C)c1)CC(C)(C)OC3. The van der Waals surface area contributed by atoms with E-state index in [2.05, 4.69) is 20.4 Å². The highest BCUT2D eigenvalue weighted by atomic mass is 32.2. The molecule has 0 unspecified atom stereocenters. The third kappa shape index (κ3) is 3.56. The fraction of sp³-hybridized carbons (Fsp3) is 0.364. The zero-order valence-electron chi connectivity index (χ0n) is 16.7. The van der Waals surface area contributed by atoms with E-state index in [4.69, 9.17) is 9.72 Å². The van der Waals surface area contributed by atoms with Gasteiger partial charge in [-0.2, -0.15) is 0 Å². The average molecular weight is 413 g/mol. The number of rotatable bonds is 4. The Morgan fingerprint density at radius 2 is 2.21 bits per heavy atom. The summed E-state index contributed by atoms with van der Waals surface area (Å²) in [5.41, 5.74) is 3.86. The summed E-state index contributed by atoms with van der Waals surface area (Å²) >= 11 is 3.14. The number of fused-ring (bicyclic) bond motifs is 3. The van der Waals surface area contributed by atoms with E-state index in [1.54, 1.807) is 27.7 Å². The number of ether oxygens (including phenoxy) is 1. The van der Waals surface area contributed by atoms with E-state index >= 15 is 0 Å². The van der Waals surface area contributed by atoms with E-state index in [0.29, 0.717) is 11.8 Å². The molecular formula is C22H24N2O2S2. The highest BCUT2D eigenvalue weighted by Crippen LogP contribution is 2.38. The van der Waals surface area contributed by atoms with Crippen LogP contribution >= 0.6 is 23.1 Å². The Bertz CT molecular complexity index is 1140. The van der Waals surface area contributed by atoms with Crippen LogP contribution in [0.15, 0.2) is 46.4 Å². The second-order valence-electron chi connectivity index (χ2n) is 8.03. The van der Waals surface area contributed by atoms with Gasteiger partial charge in [0.1, 0.15) is 4.83 Å². The summed E-state index contributed by atoms with van der Waals surface area (Å²) in [6, 6.07) is 8.02. The molecule has 1 aliphatic heterocycles. The maximum atomic E-state index is 13.7. The molecule has 2 aromatic heterocycles. The molecule has 0 aliphatic carbocycles. The first kappa shape index (κ1) is 19.4. The van der Waals surface area contributed by atoms with Gasteiger partial charge < -0.3 is 4.74 Å². The van der Waals surface area contributed by atoms with Crippen molar-refractivity contribution in [2.75, 3.05) is 5.75 Å². The van der Waals surface area contributed by atoms with Gasteiger partial charge in [0, 0.05) is 17.1 Å². The summed E-state index contributed by atoms with van der Waals surface area (Å²) in [6.07, 6.45) is 0.728. The monoisotopic (exact) mass is 412 g/mol. The third-order valence-electron chi connectivity index (χ3n) is 4.78. The minimum Gasteiger partial charge on any atom is -0.370 e. The Balaban J connectivity index is 1.98. The largest absolute Gasteiger partial charge is 0.370 e. The smallest absolute Gasteiger partial charge is 0.267 e. The predicted molar refractivity (Wildman–Crippen MR) is 118 cm³/mol. The van der Waals surface area contributed by atoms with Crippen LogP contribution in [0.1, 0.15) is 36.8 Å². The Morgan fingerprint density at radius 3 is 2.93 bits per heavy atom. The number of hydrogen-bond donors (Lipinski definition) is 0. The summed E-state index contributed by atoms with van der Waals surface area (Å²) in [5.74, 6) is 0.727. The van der Waals surface area contributed by atoms with Crippen LogP contribution in [0, 0.1) is 6.92 Å². The van der Waals surface area contributed by atoms with Crippen LogP contribution in [-0.4, -0.2) is 20.9 Å². The second-order valence-corrected chi connectivity index (χ2v) is 10.1. The molecule has 28 heavy (non-hydrogen) atoms. The summed E-state index contributed by atoms with van der Waals surface area (Å²) in [7, 11) is 0. The molecule has 0 saturated carbocycles. The third-order valence-corrected chi connectivity index (χ3v) is 7.05. The highest BCUT2D eigenvalue weighted by molar-refractivity contribution is 7.99. The molecule has 0 spiro atoms. The first-order chi connectivity index (χ1) is 13.2. The molecule has 6 heteroatoms. The van der Waals surface area contributed by atoms with Crippen molar-refractivity contribution in [3.63, 3.8) is 0 Å². The molecule has 4 rings (SSSR count). The van der Waals surface area contributed by atoms with Crippen LogP contribution in [0.3, 0.4) is 0 Å². The highest BCUT2D eigenvalue weighted by Gasteiger charge is 2.31. The molecule has 0 atom stereocenters. The standard InChI is InChI=1S/C22H24N2O2S2/c1-13(2)12-27-21-23-19-18(16-10-22(4,5)26-11-17(16)28-19)20(25)24(21)15-8-6-7-14(3)9-15/h6-9H,1,10-12H2,2-5H3. The van der Waals surface area contributed by atoms with Gasteiger partial charge in [0.2, 0.25) is 0 Å². The molecule has 0 N–H and O–H groups in total. The van der Waals surface area contributed by atoms with Crippen molar-refractivity contribution < 1.29 is 4.74 Å². The predicted octanol–water partition coefficient (Wildman–Crippen LogP) is 5.28. The molecule has 0 radical (unpaired) electrons. The molecule has 0 bridgehead atoms. The van der Waals surface area contributed by atoms with Crippen LogP contribution in [0.2, 0.25) is 0 Å². The van der Waals surface area contributed by atoms with Gasteiger partial charge in [-0.05, 0) is 51.0 Å². The molecule has 3 aromatic rings. The minimum absolute atomic E-state index is 0.00927. The van der Waals surface area contributed by atoms with E-state index in [0.717, 1.165) is 49.7 Å². The molecular weight excluding hydrogens is 388 g/mol. The number of nitrogens with zero attached hydrogens (tertiary/aromatic N) is 2. The van der Waals surface area contributed by atoms with Gasteiger partial charge in [-0.15, -0.1) is 11.3 Å². The van der Waals surface area contributed by atoms with Crippen LogP contribution in [0.4, 0.5) is 0 Å². The zero-order valence-corrected chi connectivity index (χ0v) is 18.3. The topological polar surface area (TPSA) is 44.1 Å². The van der Waals surface area contributed by atoms with E-state index in [9.17, 15) is 4.79 Å². The lowest BCUT2D eigenvalue weighted by Gasteiger charge is -2.29. The van der Waals surface area contributed by atoms with Gasteiger partial charge in [-0.1, -0.05) is 36.0 Å². The molecule has 0 fully saturated rings. The number of hydrogen-bond acceptors (Lipinski definition) is 5. The molecule has 0 amide bonds. The lowest BCUT2D eigenvalue weighted by atomic mass is 9.94. The zero-order chi connectivity index (χ0) is 20.1. The first-order valence-corrected chi connectivity index (χ1v) is 11.1. The second kappa shape index (κ2) is 7.17. The summed E-state index contributed by atoms with van der Waals surface area (Å²) in [6.45, 7) is 12.7. The Kier molecular flexibility index (Phi) is 4.98. The van der Waals surface area contributed by atoms with Crippen LogP contribution in [0.25, 0.3) is 15.9 Å². The molecule has 4 nitrogen and oxygen atoms in total. The Labute approximate surface area is 173 Å². The molecule has 0 saturated heterocycles. The molecule has 1 aliphatic rings. The van der Waals surface area contributed by atoms with E-state index in [1.807, 2.05) is 38.1 Å². The van der Waals surface area contributed by atoms with E-state index < -0.39 is 0 Å². The van der Waals surface area contributed by atoms with Gasteiger partial charge in [0.25, 0.3) is 5.56 Å². The van der Waals surface area contributed by atoms with Gasteiger partial charge in [0.15, 0.2) is 5.16 Å². The van der Waals surface area contributed by atoms with Crippen LogP contribution in [-0.2, 0) is 17.8 Å². The molecule has 3 heterocycles. The lowest BCUT2D eigenvalue weighted by molar-refractivity contribution is -0.0379. The van der Waals surface area contributed by atoms with Gasteiger partial charge in [-0.25, -0.2) is 4.98 Å². The number of thiophene rings is 1. The number of aryl methyl sites for hydroxylation is 1. The number of thioether (sulfide) groups is 1. The van der Waals surface area contributed by atoms with Crippen molar-refractivity contribution in [3.8, 4) is 5.69 Å². The van der Waals surface area contributed by atoms with Crippen LogP contribution < -0.4 is 5.56 Å². The van der Waals surface area contributed by atoms with Crippen molar-refractivity contribution >= 4 is 33.3 Å². The fourth-order valence-corrected chi connectivity index (χ4v) is 5.45. The normalized spacial score (nSPS) is 15.6. The van der Waals surface area contributed by atoms with Gasteiger partial charge >= 0.3 is 0 Å². The number of aromatic nitrogens is 2. The average Bonchev–Trinajstić information content (AvgIpc) is 2.96. The minimum atomic E-state index is -0.269. The maximum Gasteiger partial charge on any atom is 0.267 e. The summed E-state index contributed by atoms with van der Waals surface area (Å²) in [4.78, 5) is 20.5. The van der Waals surface area contributed by atoms with Crippen molar-refractivity contribution in [1.82, 2.24) is 9.55 Å². The van der Waals surface area contributed by atoms with E-state index in [-0.39, 0.29) is 11.2 Å². The van der Waals surface area contributed by atoms with Crippen molar-refractivity contribution in [2.45, 2.75) is 51.5 Å². The quantitative estimate of drug-likeness (QED) is 0.332.